The molecule has 0 saturated carbocycles. The lowest BCUT2D eigenvalue weighted by Gasteiger charge is -2.44. The number of carbonyl (C=O) groups is 3. The number of methoxy groups -OCH3 is 1. The Balaban J connectivity index is 1.19. The van der Waals surface area contributed by atoms with Gasteiger partial charge in [-0.2, -0.15) is 0 Å². The van der Waals surface area contributed by atoms with Crippen molar-refractivity contribution < 1.29 is 23.9 Å². The van der Waals surface area contributed by atoms with E-state index in [4.69, 9.17) is 9.47 Å². The summed E-state index contributed by atoms with van der Waals surface area (Å²) in [5, 5.41) is 2.44. The van der Waals surface area contributed by atoms with Crippen molar-refractivity contribution in [3.63, 3.8) is 0 Å². The third kappa shape index (κ3) is 6.70. The summed E-state index contributed by atoms with van der Waals surface area (Å²) in [6, 6.07) is 35.6. The van der Waals surface area contributed by atoms with Crippen LogP contribution in [0, 0.1) is 10.5 Å². The first-order valence-electron chi connectivity index (χ1n) is 17.8. The minimum Gasteiger partial charge on any atom is -0.493 e. The van der Waals surface area contributed by atoms with E-state index in [-0.39, 0.29) is 17.4 Å². The molecule has 0 spiro atoms. The summed E-state index contributed by atoms with van der Waals surface area (Å²) < 4.78 is 12.6. The maximum Gasteiger partial charge on any atom is 0.335 e. The summed E-state index contributed by atoms with van der Waals surface area (Å²) in [5.41, 5.74) is 8.74. The van der Waals surface area contributed by atoms with E-state index in [1.54, 1.807) is 13.2 Å². The van der Waals surface area contributed by atoms with Crippen molar-refractivity contribution in [2.45, 2.75) is 38.2 Å². The van der Waals surface area contributed by atoms with Crippen LogP contribution in [0.25, 0.3) is 6.08 Å². The zero-order valence-corrected chi connectivity index (χ0v) is 31.6. The molecule has 1 fully saturated rings. The highest BCUT2D eigenvalue weighted by molar-refractivity contribution is 14.1. The molecule has 9 heteroatoms. The zero-order chi connectivity index (χ0) is 36.6. The van der Waals surface area contributed by atoms with Crippen LogP contribution in [0.15, 0.2) is 115 Å². The fourth-order valence-electron chi connectivity index (χ4n) is 7.95. The molecular weight excluding hydrogens is 777 g/mol. The third-order valence-electron chi connectivity index (χ3n) is 10.4. The summed E-state index contributed by atoms with van der Waals surface area (Å²) in [5.74, 6) is -0.250. The molecule has 1 saturated heterocycles. The number of amides is 4. The van der Waals surface area contributed by atoms with Gasteiger partial charge in [-0.05, 0) is 106 Å². The maximum atomic E-state index is 14.4. The summed E-state index contributed by atoms with van der Waals surface area (Å²) >= 11 is 2.17. The number of hydrogen-bond donors (Lipinski definition) is 1. The van der Waals surface area contributed by atoms with Crippen molar-refractivity contribution in [2.75, 3.05) is 30.0 Å². The quantitative estimate of drug-likeness (QED) is 0.0959. The third-order valence-corrected chi connectivity index (χ3v) is 11.2. The number of nitrogens with one attached hydrogen (secondary N) is 1. The first-order valence-corrected chi connectivity index (χ1v) is 18.9. The van der Waals surface area contributed by atoms with Crippen LogP contribution in [0.1, 0.15) is 63.6 Å². The second-order valence-corrected chi connectivity index (χ2v) is 14.9. The molecule has 0 aromatic heterocycles. The number of barbiturate groups is 1. The van der Waals surface area contributed by atoms with E-state index < -0.39 is 17.8 Å². The molecule has 0 bridgehead atoms. The van der Waals surface area contributed by atoms with E-state index in [1.807, 2.05) is 79.7 Å². The van der Waals surface area contributed by atoms with E-state index in [1.165, 1.54) is 22.9 Å². The number of urea groups is 1. The molecule has 8 rings (SSSR count). The number of benzene rings is 5. The Morgan fingerprint density at radius 1 is 0.811 bits per heavy atom. The molecule has 2 atom stereocenters. The average Bonchev–Trinajstić information content (AvgIpc) is 3.16. The fraction of sp³-hybridized carbons (Fsp3) is 0.205. The lowest BCUT2D eigenvalue weighted by Crippen LogP contribution is -2.54. The normalized spacial score (nSPS) is 18.8. The molecule has 3 aliphatic heterocycles. The number of aryl methyl sites for hydroxylation is 1. The number of carbonyl (C=O) groups excluding carboxylic acids is 3. The second kappa shape index (κ2) is 14.5. The SMILES string of the molecule is COc1cc(/C=C2\C(=O)NC(=O)N(c3cc4c5c(c3)[C@H](c3ccccc3)CCN5CC[C@@H]4c3ccccc3)C2=O)cc(I)c1OCc1cccc(C)c1. The van der Waals surface area contributed by atoms with Gasteiger partial charge in [0.15, 0.2) is 11.5 Å². The Labute approximate surface area is 322 Å². The fourth-order valence-corrected chi connectivity index (χ4v) is 8.73. The number of halogens is 1. The number of anilines is 2. The number of rotatable bonds is 8. The first kappa shape index (κ1) is 34.7. The molecule has 0 radical (unpaired) electrons. The van der Waals surface area contributed by atoms with Crippen molar-refractivity contribution in [3.05, 3.63) is 157 Å². The Morgan fingerprint density at radius 3 is 2.06 bits per heavy atom. The monoisotopic (exact) mass is 815 g/mol. The van der Waals surface area contributed by atoms with Gasteiger partial charge < -0.3 is 14.4 Å². The minimum absolute atomic E-state index is 0.0801. The van der Waals surface area contributed by atoms with Crippen LogP contribution in [-0.2, 0) is 16.2 Å². The van der Waals surface area contributed by atoms with Crippen LogP contribution in [0.4, 0.5) is 16.2 Å². The van der Waals surface area contributed by atoms with Crippen molar-refractivity contribution >= 4 is 57.9 Å². The van der Waals surface area contributed by atoms with Gasteiger partial charge in [0.2, 0.25) is 0 Å². The van der Waals surface area contributed by atoms with Crippen molar-refractivity contribution in [2.24, 2.45) is 0 Å². The van der Waals surface area contributed by atoms with Crippen LogP contribution < -0.4 is 24.6 Å². The summed E-state index contributed by atoms with van der Waals surface area (Å²) in [6.07, 6.45) is 3.32. The van der Waals surface area contributed by atoms with E-state index in [0.717, 1.165) is 56.7 Å². The van der Waals surface area contributed by atoms with Crippen LogP contribution >= 0.6 is 22.6 Å². The summed E-state index contributed by atoms with van der Waals surface area (Å²) in [4.78, 5) is 45.0. The van der Waals surface area contributed by atoms with Gasteiger partial charge in [-0.3, -0.25) is 14.9 Å². The maximum absolute atomic E-state index is 14.4. The van der Waals surface area contributed by atoms with Gasteiger partial charge in [0, 0.05) is 30.6 Å². The molecule has 3 heterocycles. The highest BCUT2D eigenvalue weighted by Crippen LogP contribution is 2.50. The van der Waals surface area contributed by atoms with Gasteiger partial charge in [0.1, 0.15) is 12.2 Å². The molecule has 3 aliphatic rings. The predicted molar refractivity (Wildman–Crippen MR) is 215 cm³/mol. The van der Waals surface area contributed by atoms with E-state index in [2.05, 4.69) is 63.1 Å². The molecule has 0 aliphatic carbocycles. The van der Waals surface area contributed by atoms with Crippen LogP contribution in [0.2, 0.25) is 0 Å². The second-order valence-electron chi connectivity index (χ2n) is 13.7. The van der Waals surface area contributed by atoms with Crippen LogP contribution in [-0.4, -0.2) is 38.0 Å². The molecular formula is C44H38IN3O5. The molecule has 8 nitrogen and oxygen atoms in total. The van der Waals surface area contributed by atoms with Gasteiger partial charge in [-0.25, -0.2) is 9.69 Å². The highest BCUT2D eigenvalue weighted by atomic mass is 127. The van der Waals surface area contributed by atoms with Crippen molar-refractivity contribution in [1.82, 2.24) is 5.32 Å². The average molecular weight is 816 g/mol. The van der Waals surface area contributed by atoms with Crippen molar-refractivity contribution in [1.29, 1.82) is 0 Å². The minimum atomic E-state index is -0.771. The number of ether oxygens (including phenoxy) is 2. The lowest BCUT2D eigenvalue weighted by molar-refractivity contribution is -0.122. The molecule has 1 N–H and O–H groups in total. The van der Waals surface area contributed by atoms with E-state index >= 15 is 0 Å². The summed E-state index contributed by atoms with van der Waals surface area (Å²) in [7, 11) is 1.55. The Bertz CT molecular complexity index is 2200. The zero-order valence-electron chi connectivity index (χ0n) is 29.5. The topological polar surface area (TPSA) is 88.2 Å². The Kier molecular flexibility index (Phi) is 9.51. The molecule has 0 unspecified atom stereocenters. The van der Waals surface area contributed by atoms with Gasteiger partial charge in [-0.15, -0.1) is 0 Å². The number of nitrogens with zero attached hydrogens (tertiary/aromatic N) is 2. The van der Waals surface area contributed by atoms with Gasteiger partial charge >= 0.3 is 6.03 Å². The summed E-state index contributed by atoms with van der Waals surface area (Å²) in [6.45, 7) is 4.22. The largest absolute Gasteiger partial charge is 0.493 e. The number of hydrogen-bond acceptors (Lipinski definition) is 6. The standard InChI is InChI=1S/C44H38IN3O5/c1-27-10-9-11-28(20-27)26-53-41-38(45)22-29(23-39(41)52-2)21-37-42(49)46-44(51)48(43(37)50)32-24-35-33(30-12-5-3-6-13-30)16-18-47-19-17-34(36(25-32)40(35)47)31-14-7-4-8-15-31/h3-15,20-25,33-34H,16-19,26H2,1-2H3,(H,46,49,51)/b37-21+/t33-,34+. The van der Waals surface area contributed by atoms with Crippen molar-refractivity contribution in [3.8, 4) is 11.5 Å². The predicted octanol–water partition coefficient (Wildman–Crippen LogP) is 8.73. The molecule has 4 amide bonds. The Hall–Kier alpha value is -5.42. The van der Waals surface area contributed by atoms with Gasteiger partial charge in [0.25, 0.3) is 11.8 Å². The number of imide groups is 2. The molecule has 5 aromatic rings. The van der Waals surface area contributed by atoms with Gasteiger partial charge in [-0.1, -0.05) is 90.5 Å². The lowest BCUT2D eigenvalue weighted by atomic mass is 9.76. The highest BCUT2D eigenvalue weighted by Gasteiger charge is 2.40. The van der Waals surface area contributed by atoms with Gasteiger partial charge in [0.05, 0.1) is 16.4 Å². The smallest absolute Gasteiger partial charge is 0.335 e. The molecule has 5 aromatic carbocycles. The Morgan fingerprint density at radius 2 is 1.45 bits per heavy atom. The van der Waals surface area contributed by atoms with E-state index in [0.29, 0.717) is 29.4 Å². The van der Waals surface area contributed by atoms with Crippen LogP contribution in [0.3, 0.4) is 0 Å². The molecule has 53 heavy (non-hydrogen) atoms. The first-order chi connectivity index (χ1) is 25.8. The molecule has 266 valence electrons. The van der Waals surface area contributed by atoms with Crippen LogP contribution in [0.5, 0.6) is 11.5 Å². The van der Waals surface area contributed by atoms with E-state index in [9.17, 15) is 14.4 Å².